The third kappa shape index (κ3) is 4.41. The van der Waals surface area contributed by atoms with Crippen LogP contribution in [0, 0.1) is 17.2 Å². The summed E-state index contributed by atoms with van der Waals surface area (Å²) in [7, 11) is 0. The van der Waals surface area contributed by atoms with Crippen molar-refractivity contribution in [3.8, 4) is 11.8 Å². The van der Waals surface area contributed by atoms with Gasteiger partial charge >= 0.3 is 5.97 Å². The smallest absolute Gasteiger partial charge is 0.338 e. The molecule has 1 aromatic carbocycles. The van der Waals surface area contributed by atoms with Gasteiger partial charge in [0.15, 0.2) is 6.61 Å². The zero-order valence-corrected chi connectivity index (χ0v) is 14.3. The van der Waals surface area contributed by atoms with Gasteiger partial charge in [-0.05, 0) is 37.1 Å². The minimum atomic E-state index is -1.01. The number of carbonyl (C=O) groups excluding carboxylic acids is 2. The summed E-state index contributed by atoms with van der Waals surface area (Å²) in [5.41, 5.74) is 0.0419. The normalized spacial score (nSPS) is 12.9. The number of amides is 1. The third-order valence-corrected chi connectivity index (χ3v) is 3.91. The zero-order chi connectivity index (χ0) is 18.4. The number of aromatic nitrogens is 3. The molecule has 2 rings (SSSR count). The fourth-order valence-electron chi connectivity index (χ4n) is 1.93. The van der Waals surface area contributed by atoms with Crippen molar-refractivity contribution >= 4 is 11.9 Å². The van der Waals surface area contributed by atoms with E-state index in [0.717, 1.165) is 5.69 Å². The standard InChI is InChI=1S/C17H19N5O3/c1-12(2)17(3,9-18)21-15(23)8-25-16(24)13-4-6-14(7-5-13)22-11-19-10-20-22/h4-7,10-12H,8H2,1-3H3,(H,21,23)/t17-/m1/s1. The number of hydrogen-bond acceptors (Lipinski definition) is 6. The molecule has 0 saturated heterocycles. The number of nitrogens with one attached hydrogen (secondary N) is 1. The number of carbonyl (C=O) groups is 2. The molecule has 0 aliphatic carbocycles. The fraction of sp³-hybridized carbons (Fsp3) is 0.353. The Labute approximate surface area is 145 Å². The molecule has 0 saturated carbocycles. The molecule has 0 unspecified atom stereocenters. The monoisotopic (exact) mass is 341 g/mol. The summed E-state index contributed by atoms with van der Waals surface area (Å²) >= 11 is 0. The Bertz CT molecular complexity index is 778. The molecule has 0 spiro atoms. The predicted molar refractivity (Wildman–Crippen MR) is 88.6 cm³/mol. The van der Waals surface area contributed by atoms with Crippen LogP contribution < -0.4 is 5.32 Å². The van der Waals surface area contributed by atoms with Gasteiger partial charge in [0, 0.05) is 0 Å². The van der Waals surface area contributed by atoms with Crippen LogP contribution in [-0.4, -0.2) is 38.8 Å². The minimum Gasteiger partial charge on any atom is -0.452 e. The number of esters is 1. The van der Waals surface area contributed by atoms with Crippen LogP contribution >= 0.6 is 0 Å². The molecule has 0 radical (unpaired) electrons. The van der Waals surface area contributed by atoms with E-state index in [1.165, 1.54) is 6.33 Å². The van der Waals surface area contributed by atoms with Gasteiger partial charge in [-0.25, -0.2) is 14.5 Å². The highest BCUT2D eigenvalue weighted by Gasteiger charge is 2.30. The van der Waals surface area contributed by atoms with Gasteiger partial charge in [0.05, 0.1) is 17.3 Å². The van der Waals surface area contributed by atoms with Crippen LogP contribution in [0.2, 0.25) is 0 Å². The second kappa shape index (κ2) is 7.57. The Morgan fingerprint density at radius 2 is 2.04 bits per heavy atom. The quantitative estimate of drug-likeness (QED) is 0.797. The van der Waals surface area contributed by atoms with Crippen LogP contribution in [0.15, 0.2) is 36.9 Å². The first-order valence-corrected chi connectivity index (χ1v) is 7.70. The van der Waals surface area contributed by atoms with E-state index in [4.69, 9.17) is 4.74 Å². The maximum absolute atomic E-state index is 12.0. The maximum atomic E-state index is 12.0. The molecular formula is C17H19N5O3. The van der Waals surface area contributed by atoms with Gasteiger partial charge in [0.2, 0.25) is 0 Å². The molecule has 1 atom stereocenters. The molecule has 25 heavy (non-hydrogen) atoms. The van der Waals surface area contributed by atoms with E-state index in [0.29, 0.717) is 5.56 Å². The van der Waals surface area contributed by atoms with E-state index in [1.54, 1.807) is 42.2 Å². The van der Waals surface area contributed by atoms with Crippen LogP contribution in [0.3, 0.4) is 0 Å². The van der Waals surface area contributed by atoms with Crippen LogP contribution in [0.4, 0.5) is 0 Å². The lowest BCUT2D eigenvalue weighted by atomic mass is 9.90. The topological polar surface area (TPSA) is 110 Å². The number of nitrogens with zero attached hydrogens (tertiary/aromatic N) is 4. The van der Waals surface area contributed by atoms with Crippen molar-refractivity contribution in [3.63, 3.8) is 0 Å². The molecule has 1 amide bonds. The second-order valence-electron chi connectivity index (χ2n) is 5.98. The van der Waals surface area contributed by atoms with Crippen molar-refractivity contribution in [3.05, 3.63) is 42.5 Å². The number of nitriles is 1. The highest BCUT2D eigenvalue weighted by atomic mass is 16.5. The summed E-state index contributed by atoms with van der Waals surface area (Å²) in [5, 5.41) is 15.7. The van der Waals surface area contributed by atoms with Crippen LogP contribution in [0.25, 0.3) is 5.69 Å². The average Bonchev–Trinajstić information content (AvgIpc) is 3.14. The lowest BCUT2D eigenvalue weighted by molar-refractivity contribution is -0.125. The van der Waals surface area contributed by atoms with Gasteiger partial charge in [-0.3, -0.25) is 4.79 Å². The number of rotatable bonds is 6. The summed E-state index contributed by atoms with van der Waals surface area (Å²) in [6.45, 7) is 4.83. The van der Waals surface area contributed by atoms with Crippen molar-refractivity contribution in [1.29, 1.82) is 5.26 Å². The van der Waals surface area contributed by atoms with Crippen LogP contribution in [0.5, 0.6) is 0 Å². The van der Waals surface area contributed by atoms with Crippen molar-refractivity contribution in [2.45, 2.75) is 26.3 Å². The Morgan fingerprint density at radius 1 is 1.36 bits per heavy atom. The fourth-order valence-corrected chi connectivity index (χ4v) is 1.93. The largest absolute Gasteiger partial charge is 0.452 e. The molecule has 8 heteroatoms. The molecule has 1 aromatic heterocycles. The van der Waals surface area contributed by atoms with Gasteiger partial charge in [0.1, 0.15) is 18.2 Å². The molecule has 0 aliphatic rings. The van der Waals surface area contributed by atoms with Gasteiger partial charge < -0.3 is 10.1 Å². The van der Waals surface area contributed by atoms with Crippen molar-refractivity contribution in [1.82, 2.24) is 20.1 Å². The highest BCUT2D eigenvalue weighted by molar-refractivity contribution is 5.91. The summed E-state index contributed by atoms with van der Waals surface area (Å²) in [6, 6.07) is 8.59. The molecule has 0 bridgehead atoms. The van der Waals surface area contributed by atoms with E-state index in [-0.39, 0.29) is 5.92 Å². The first-order valence-electron chi connectivity index (χ1n) is 7.70. The Kier molecular flexibility index (Phi) is 5.49. The predicted octanol–water partition coefficient (Wildman–Crippen LogP) is 1.48. The summed E-state index contributed by atoms with van der Waals surface area (Å²) in [5.74, 6) is -1.23. The number of hydrogen-bond donors (Lipinski definition) is 1. The molecule has 2 aromatic rings. The summed E-state index contributed by atoms with van der Waals surface area (Å²) in [4.78, 5) is 27.8. The SMILES string of the molecule is CC(C)[C@@](C)(C#N)NC(=O)COC(=O)c1ccc(-n2cncn2)cc1. The Balaban J connectivity index is 1.92. The van der Waals surface area contributed by atoms with Crippen LogP contribution in [0.1, 0.15) is 31.1 Å². The van der Waals surface area contributed by atoms with E-state index >= 15 is 0 Å². The lowest BCUT2D eigenvalue weighted by Crippen LogP contribution is -2.50. The first kappa shape index (κ1) is 18.1. The number of ether oxygens (including phenoxy) is 1. The van der Waals surface area contributed by atoms with Crippen molar-refractivity contribution in [2.24, 2.45) is 5.92 Å². The first-order chi connectivity index (χ1) is 11.9. The highest BCUT2D eigenvalue weighted by Crippen LogP contribution is 2.15. The minimum absolute atomic E-state index is 0.0820. The lowest BCUT2D eigenvalue weighted by Gasteiger charge is -2.27. The van der Waals surface area contributed by atoms with Crippen LogP contribution in [-0.2, 0) is 9.53 Å². The van der Waals surface area contributed by atoms with Gasteiger partial charge in [-0.15, -0.1) is 0 Å². The van der Waals surface area contributed by atoms with Crippen molar-refractivity contribution < 1.29 is 14.3 Å². The molecule has 8 nitrogen and oxygen atoms in total. The molecule has 1 heterocycles. The van der Waals surface area contributed by atoms with Gasteiger partial charge in [-0.1, -0.05) is 13.8 Å². The molecule has 130 valence electrons. The molecule has 1 N–H and O–H groups in total. The zero-order valence-electron chi connectivity index (χ0n) is 14.3. The van der Waals surface area contributed by atoms with E-state index in [9.17, 15) is 14.9 Å². The van der Waals surface area contributed by atoms with E-state index in [1.807, 2.05) is 13.8 Å². The van der Waals surface area contributed by atoms with Gasteiger partial charge in [-0.2, -0.15) is 10.4 Å². The van der Waals surface area contributed by atoms with E-state index < -0.39 is 24.0 Å². The molecule has 0 fully saturated rings. The summed E-state index contributed by atoms with van der Waals surface area (Å²) < 4.78 is 6.55. The molecule has 0 aliphatic heterocycles. The summed E-state index contributed by atoms with van der Waals surface area (Å²) in [6.07, 6.45) is 2.95. The van der Waals surface area contributed by atoms with Crippen molar-refractivity contribution in [2.75, 3.05) is 6.61 Å². The number of benzene rings is 1. The Hall–Kier alpha value is -3.21. The average molecular weight is 341 g/mol. The Morgan fingerprint density at radius 3 is 2.56 bits per heavy atom. The molecular weight excluding hydrogens is 322 g/mol. The third-order valence-electron chi connectivity index (χ3n) is 3.91. The van der Waals surface area contributed by atoms with Gasteiger partial charge in [0.25, 0.3) is 5.91 Å². The van der Waals surface area contributed by atoms with E-state index in [2.05, 4.69) is 21.5 Å². The maximum Gasteiger partial charge on any atom is 0.338 e. The second-order valence-corrected chi connectivity index (χ2v) is 5.98.